The van der Waals surface area contributed by atoms with Crippen molar-refractivity contribution in [3.05, 3.63) is 41.6 Å². The Morgan fingerprint density at radius 1 is 0.818 bits per heavy atom. The van der Waals surface area contributed by atoms with Crippen LogP contribution in [0.3, 0.4) is 0 Å². The molecular formula is C27H30BrNO4. The molecule has 0 saturated heterocycles. The predicted molar refractivity (Wildman–Crippen MR) is 123 cm³/mol. The van der Waals surface area contributed by atoms with Gasteiger partial charge in [0.05, 0.1) is 10.9 Å². The van der Waals surface area contributed by atoms with Crippen molar-refractivity contribution in [3.63, 3.8) is 0 Å². The van der Waals surface area contributed by atoms with Crippen LogP contribution >= 0.6 is 0 Å². The maximum atomic E-state index is 5.96. The monoisotopic (exact) mass is 511 g/mol. The fourth-order valence-electron chi connectivity index (χ4n) is 5.38. The summed E-state index contributed by atoms with van der Waals surface area (Å²) in [7, 11) is 0. The van der Waals surface area contributed by atoms with Gasteiger partial charge in [-0.1, -0.05) is 39.0 Å². The van der Waals surface area contributed by atoms with E-state index < -0.39 is 0 Å². The van der Waals surface area contributed by atoms with E-state index in [0.29, 0.717) is 13.6 Å². The molecule has 0 spiro atoms. The molecule has 3 aliphatic heterocycles. The zero-order chi connectivity index (χ0) is 21.5. The van der Waals surface area contributed by atoms with Gasteiger partial charge in [-0.2, -0.15) is 4.57 Å². The summed E-state index contributed by atoms with van der Waals surface area (Å²) in [5.74, 6) is 3.49. The van der Waals surface area contributed by atoms with Gasteiger partial charge in [-0.3, -0.25) is 0 Å². The molecule has 0 bridgehead atoms. The van der Waals surface area contributed by atoms with E-state index in [4.69, 9.17) is 18.9 Å². The maximum absolute atomic E-state index is 5.96. The molecule has 3 aromatic rings. The van der Waals surface area contributed by atoms with Crippen LogP contribution in [0.25, 0.3) is 22.0 Å². The van der Waals surface area contributed by atoms with E-state index >= 15 is 0 Å². The third-order valence-corrected chi connectivity index (χ3v) is 7.02. The second kappa shape index (κ2) is 9.41. The fourth-order valence-corrected chi connectivity index (χ4v) is 5.38. The molecule has 2 aromatic carbocycles. The third-order valence-electron chi connectivity index (χ3n) is 7.02. The van der Waals surface area contributed by atoms with Gasteiger partial charge in [0.15, 0.2) is 35.2 Å². The summed E-state index contributed by atoms with van der Waals surface area (Å²) in [4.78, 5) is 0. The number of fused-ring (bicyclic) bond motifs is 7. The smallest absolute Gasteiger partial charge is 0.231 e. The third kappa shape index (κ3) is 3.92. The summed E-state index contributed by atoms with van der Waals surface area (Å²) in [6, 6.07) is 10.9. The highest BCUT2D eigenvalue weighted by molar-refractivity contribution is 5.94. The fraction of sp³-hybridized carbons (Fsp3) is 0.444. The first-order valence-electron chi connectivity index (χ1n) is 12.0. The van der Waals surface area contributed by atoms with Crippen LogP contribution in [-0.4, -0.2) is 13.6 Å². The maximum Gasteiger partial charge on any atom is 0.231 e. The van der Waals surface area contributed by atoms with E-state index in [-0.39, 0.29) is 17.0 Å². The molecule has 33 heavy (non-hydrogen) atoms. The Morgan fingerprint density at radius 2 is 1.58 bits per heavy atom. The van der Waals surface area contributed by atoms with Gasteiger partial charge >= 0.3 is 0 Å². The van der Waals surface area contributed by atoms with Gasteiger partial charge in [-0.05, 0) is 41.6 Å². The van der Waals surface area contributed by atoms with Crippen LogP contribution in [0.4, 0.5) is 0 Å². The minimum absolute atomic E-state index is 0. The summed E-state index contributed by atoms with van der Waals surface area (Å²) in [6.07, 6.45) is 9.78. The van der Waals surface area contributed by atoms with Crippen LogP contribution in [0.2, 0.25) is 0 Å². The van der Waals surface area contributed by atoms with Gasteiger partial charge < -0.3 is 35.9 Å². The Labute approximate surface area is 205 Å². The summed E-state index contributed by atoms with van der Waals surface area (Å²) in [5.41, 5.74) is 5.22. The highest BCUT2D eigenvalue weighted by atomic mass is 79.9. The first kappa shape index (κ1) is 22.3. The van der Waals surface area contributed by atoms with Crippen LogP contribution in [0.15, 0.2) is 30.3 Å². The summed E-state index contributed by atoms with van der Waals surface area (Å²) in [5, 5.41) is 2.44. The lowest BCUT2D eigenvalue weighted by Crippen LogP contribution is -3.00. The number of halogens is 1. The van der Waals surface area contributed by atoms with Crippen LogP contribution < -0.4 is 40.5 Å². The molecule has 0 saturated carbocycles. The molecule has 4 heterocycles. The van der Waals surface area contributed by atoms with Crippen LogP contribution in [0, 0.1) is 0 Å². The second-order valence-corrected chi connectivity index (χ2v) is 9.02. The van der Waals surface area contributed by atoms with Gasteiger partial charge in [-0.25, -0.2) is 0 Å². The Hall–Kier alpha value is -2.47. The van der Waals surface area contributed by atoms with Crippen LogP contribution in [0.1, 0.15) is 56.7 Å². The Bertz CT molecular complexity index is 1190. The predicted octanol–water partition coefficient (Wildman–Crippen LogP) is 2.71. The number of hydrogen-bond donors (Lipinski definition) is 0. The standard InChI is InChI=1S/C27H30NO4.BrH/c1-2-3-4-5-6-7-8-21-26-19(9-10-23-27(26)32-17-29-23)13-22-20-15-25-24(30-16-31-25)14-18(20)11-12-28(21)22;/h9-10,13-15H,2-8,11-12,16-17H2,1H3;1H/q+1;/p-1. The summed E-state index contributed by atoms with van der Waals surface area (Å²) in [6.45, 7) is 3.85. The molecule has 0 atom stereocenters. The minimum Gasteiger partial charge on any atom is -1.00 e. The van der Waals surface area contributed by atoms with E-state index in [1.807, 2.05) is 6.07 Å². The van der Waals surface area contributed by atoms with Gasteiger partial charge in [0.25, 0.3) is 0 Å². The molecule has 6 rings (SSSR count). The van der Waals surface area contributed by atoms with Crippen molar-refractivity contribution in [2.24, 2.45) is 0 Å². The normalized spacial score (nSPS) is 14.7. The molecule has 0 N–H and O–H groups in total. The van der Waals surface area contributed by atoms with E-state index in [1.165, 1.54) is 71.8 Å². The molecule has 0 radical (unpaired) electrons. The average Bonchev–Trinajstić information content (AvgIpc) is 3.48. The van der Waals surface area contributed by atoms with Gasteiger partial charge in [0, 0.05) is 18.9 Å². The summed E-state index contributed by atoms with van der Waals surface area (Å²) >= 11 is 0. The molecular weight excluding hydrogens is 482 g/mol. The van der Waals surface area contributed by atoms with Crippen molar-refractivity contribution in [1.29, 1.82) is 0 Å². The van der Waals surface area contributed by atoms with Crippen molar-refractivity contribution in [1.82, 2.24) is 0 Å². The first-order chi connectivity index (χ1) is 15.8. The number of hydrogen-bond acceptors (Lipinski definition) is 4. The molecule has 0 aliphatic carbocycles. The SMILES string of the molecule is CCCCCCCCc1c2c3c(ccc2cc2[n+]1CCc1cc4c(cc1-2)OCO4)OCO3.[Br-]. The minimum atomic E-state index is 0. The van der Waals surface area contributed by atoms with Gasteiger partial charge in [0.1, 0.15) is 0 Å². The number of pyridine rings is 1. The van der Waals surface area contributed by atoms with Crippen molar-refractivity contribution in [2.45, 2.75) is 64.8 Å². The average molecular weight is 512 g/mol. The lowest BCUT2D eigenvalue weighted by molar-refractivity contribution is -0.693. The van der Waals surface area contributed by atoms with E-state index in [0.717, 1.165) is 42.4 Å². The largest absolute Gasteiger partial charge is 1.00 e. The number of aryl methyl sites for hydroxylation is 2. The van der Waals surface area contributed by atoms with Crippen molar-refractivity contribution >= 4 is 10.8 Å². The van der Waals surface area contributed by atoms with Crippen LogP contribution in [-0.2, 0) is 19.4 Å². The molecule has 5 nitrogen and oxygen atoms in total. The number of unbranched alkanes of at least 4 members (excludes halogenated alkanes) is 5. The molecule has 174 valence electrons. The molecule has 0 fully saturated rings. The first-order valence-corrected chi connectivity index (χ1v) is 12.0. The van der Waals surface area contributed by atoms with Crippen molar-refractivity contribution < 1.29 is 40.5 Å². The molecule has 0 amide bonds. The molecule has 3 aliphatic rings. The van der Waals surface area contributed by atoms with Gasteiger partial charge in [-0.15, -0.1) is 0 Å². The molecule has 1 aromatic heterocycles. The zero-order valence-corrected chi connectivity index (χ0v) is 20.7. The molecule has 0 unspecified atom stereocenters. The number of nitrogens with zero attached hydrogens (tertiary/aromatic N) is 1. The van der Waals surface area contributed by atoms with Gasteiger partial charge in [0.2, 0.25) is 19.3 Å². The van der Waals surface area contributed by atoms with Crippen molar-refractivity contribution in [3.8, 4) is 34.3 Å². The number of rotatable bonds is 7. The number of benzene rings is 2. The Balaban J connectivity index is 0.00000228. The topological polar surface area (TPSA) is 40.8 Å². The Kier molecular flexibility index (Phi) is 6.37. The highest BCUT2D eigenvalue weighted by Gasteiger charge is 2.33. The lowest BCUT2D eigenvalue weighted by atomic mass is 9.92. The Morgan fingerprint density at radius 3 is 2.45 bits per heavy atom. The molecule has 6 heteroatoms. The van der Waals surface area contributed by atoms with E-state index in [2.05, 4.69) is 35.8 Å². The quantitative estimate of drug-likeness (QED) is 0.361. The number of ether oxygens (including phenoxy) is 4. The highest BCUT2D eigenvalue weighted by Crippen LogP contribution is 2.44. The lowest BCUT2D eigenvalue weighted by Gasteiger charge is -2.19. The van der Waals surface area contributed by atoms with Crippen molar-refractivity contribution in [2.75, 3.05) is 13.6 Å². The summed E-state index contributed by atoms with van der Waals surface area (Å²) < 4.78 is 25.5. The second-order valence-electron chi connectivity index (χ2n) is 9.02. The van der Waals surface area contributed by atoms with Crippen LogP contribution in [0.5, 0.6) is 23.0 Å². The zero-order valence-electron chi connectivity index (χ0n) is 19.1. The van der Waals surface area contributed by atoms with E-state index in [9.17, 15) is 0 Å². The number of aromatic nitrogens is 1. The van der Waals surface area contributed by atoms with E-state index in [1.54, 1.807) is 0 Å².